The number of carbonyl (C=O) groups is 1. The van der Waals surface area contributed by atoms with Gasteiger partial charge in [0.2, 0.25) is 11.8 Å². The fourth-order valence-electron chi connectivity index (χ4n) is 3.02. The Morgan fingerprint density at radius 3 is 2.92 bits per heavy atom. The molecule has 1 amide bonds. The molecule has 140 valence electrons. The lowest BCUT2D eigenvalue weighted by Gasteiger charge is -2.34. The molecule has 3 heterocycles. The van der Waals surface area contributed by atoms with Gasteiger partial charge in [-0.15, -0.1) is 36.2 Å². The SMILES string of the molecule is Cc1oc(-c2cccs2)nc1CC(=O)N1CCCC(C(C)N)C1.Cl.Cl. The van der Waals surface area contributed by atoms with Gasteiger partial charge in [0.05, 0.1) is 17.0 Å². The van der Waals surface area contributed by atoms with Gasteiger partial charge in [-0.25, -0.2) is 4.98 Å². The third-order valence-electron chi connectivity index (χ3n) is 4.50. The molecule has 5 nitrogen and oxygen atoms in total. The molecule has 25 heavy (non-hydrogen) atoms. The quantitative estimate of drug-likeness (QED) is 0.841. The van der Waals surface area contributed by atoms with Gasteiger partial charge in [0.1, 0.15) is 5.76 Å². The van der Waals surface area contributed by atoms with Crippen molar-refractivity contribution in [2.24, 2.45) is 11.7 Å². The summed E-state index contributed by atoms with van der Waals surface area (Å²) >= 11 is 1.58. The summed E-state index contributed by atoms with van der Waals surface area (Å²) in [5.74, 6) is 1.84. The maximum Gasteiger partial charge on any atom is 0.236 e. The van der Waals surface area contributed by atoms with E-state index < -0.39 is 0 Å². The Morgan fingerprint density at radius 1 is 1.52 bits per heavy atom. The number of likely N-dealkylation sites (tertiary alicyclic amines) is 1. The van der Waals surface area contributed by atoms with E-state index in [4.69, 9.17) is 10.2 Å². The number of rotatable bonds is 4. The van der Waals surface area contributed by atoms with Crippen molar-refractivity contribution in [3.05, 3.63) is 29.0 Å². The second-order valence-corrected chi connectivity index (χ2v) is 7.22. The van der Waals surface area contributed by atoms with E-state index in [-0.39, 0.29) is 36.8 Å². The van der Waals surface area contributed by atoms with Gasteiger partial charge in [-0.2, -0.15) is 0 Å². The molecular weight excluding hydrogens is 381 g/mol. The predicted molar refractivity (Wildman–Crippen MR) is 106 cm³/mol. The number of hydrogen-bond acceptors (Lipinski definition) is 5. The Hall–Kier alpha value is -1.08. The molecule has 0 aliphatic carbocycles. The first-order valence-electron chi connectivity index (χ1n) is 8.08. The normalized spacial score (nSPS) is 18.2. The van der Waals surface area contributed by atoms with Crippen molar-refractivity contribution >= 4 is 42.1 Å². The molecule has 0 saturated carbocycles. The zero-order chi connectivity index (χ0) is 16.4. The van der Waals surface area contributed by atoms with Gasteiger partial charge in [-0.05, 0) is 44.1 Å². The van der Waals surface area contributed by atoms with Gasteiger partial charge >= 0.3 is 0 Å². The van der Waals surface area contributed by atoms with E-state index in [2.05, 4.69) is 4.98 Å². The van der Waals surface area contributed by atoms with Crippen molar-refractivity contribution in [3.8, 4) is 10.8 Å². The van der Waals surface area contributed by atoms with E-state index in [1.54, 1.807) is 11.3 Å². The Kier molecular flexibility index (Phi) is 8.41. The fraction of sp³-hybridized carbons (Fsp3) is 0.529. The van der Waals surface area contributed by atoms with E-state index in [0.29, 0.717) is 18.2 Å². The Bertz CT molecular complexity index is 673. The molecule has 0 radical (unpaired) electrons. The van der Waals surface area contributed by atoms with Gasteiger partial charge in [0.15, 0.2) is 0 Å². The molecular formula is C17H25Cl2N3O2S. The summed E-state index contributed by atoms with van der Waals surface area (Å²) in [6.45, 7) is 5.46. The van der Waals surface area contributed by atoms with Crippen molar-refractivity contribution in [2.45, 2.75) is 39.2 Å². The molecule has 2 aromatic rings. The van der Waals surface area contributed by atoms with Gasteiger partial charge in [0, 0.05) is 19.1 Å². The highest BCUT2D eigenvalue weighted by molar-refractivity contribution is 7.13. The maximum atomic E-state index is 12.6. The summed E-state index contributed by atoms with van der Waals surface area (Å²) in [5, 5.41) is 1.99. The zero-order valence-electron chi connectivity index (χ0n) is 14.4. The average Bonchev–Trinajstić information content (AvgIpc) is 3.18. The largest absolute Gasteiger partial charge is 0.440 e. The van der Waals surface area contributed by atoms with Crippen LogP contribution in [0.5, 0.6) is 0 Å². The first-order chi connectivity index (χ1) is 11.0. The highest BCUT2D eigenvalue weighted by Crippen LogP contribution is 2.26. The highest BCUT2D eigenvalue weighted by atomic mass is 35.5. The number of nitrogens with two attached hydrogens (primary N) is 1. The molecule has 1 saturated heterocycles. The van der Waals surface area contributed by atoms with Crippen LogP contribution in [0.25, 0.3) is 10.8 Å². The van der Waals surface area contributed by atoms with Crippen LogP contribution in [0.1, 0.15) is 31.2 Å². The monoisotopic (exact) mass is 405 g/mol. The second-order valence-electron chi connectivity index (χ2n) is 6.28. The average molecular weight is 406 g/mol. The molecule has 3 rings (SSSR count). The van der Waals surface area contributed by atoms with Crippen LogP contribution in [0.3, 0.4) is 0 Å². The topological polar surface area (TPSA) is 72.4 Å². The molecule has 8 heteroatoms. The number of amides is 1. The zero-order valence-corrected chi connectivity index (χ0v) is 16.9. The van der Waals surface area contributed by atoms with Crippen LogP contribution in [0, 0.1) is 12.8 Å². The van der Waals surface area contributed by atoms with Gasteiger partial charge in [-0.1, -0.05) is 6.07 Å². The Labute approximate surface area is 164 Å². The molecule has 2 unspecified atom stereocenters. The number of aryl methyl sites for hydroxylation is 1. The number of oxazole rings is 1. The minimum atomic E-state index is 0. The Morgan fingerprint density at radius 2 is 2.28 bits per heavy atom. The van der Waals surface area contributed by atoms with Gasteiger partial charge in [0.25, 0.3) is 0 Å². The fourth-order valence-corrected chi connectivity index (χ4v) is 3.67. The summed E-state index contributed by atoms with van der Waals surface area (Å²) in [7, 11) is 0. The molecule has 1 aliphatic heterocycles. The van der Waals surface area contributed by atoms with Gasteiger partial charge in [-0.3, -0.25) is 4.79 Å². The van der Waals surface area contributed by atoms with Crippen LogP contribution < -0.4 is 5.73 Å². The summed E-state index contributed by atoms with van der Waals surface area (Å²) in [6, 6.07) is 4.07. The lowest BCUT2D eigenvalue weighted by molar-refractivity contribution is -0.132. The van der Waals surface area contributed by atoms with E-state index in [9.17, 15) is 4.79 Å². The van der Waals surface area contributed by atoms with Crippen LogP contribution >= 0.6 is 36.2 Å². The molecule has 0 spiro atoms. The number of hydrogen-bond donors (Lipinski definition) is 1. The number of piperidine rings is 1. The van der Waals surface area contributed by atoms with Gasteiger partial charge < -0.3 is 15.1 Å². The van der Waals surface area contributed by atoms with E-state index in [0.717, 1.165) is 42.3 Å². The molecule has 1 fully saturated rings. The molecule has 1 aliphatic rings. The lowest BCUT2D eigenvalue weighted by atomic mass is 9.92. The van der Waals surface area contributed by atoms with E-state index in [1.165, 1.54) is 0 Å². The Balaban J connectivity index is 0.00000156. The minimum Gasteiger partial charge on any atom is -0.440 e. The lowest BCUT2D eigenvalue weighted by Crippen LogP contribution is -2.45. The third-order valence-corrected chi connectivity index (χ3v) is 5.36. The van der Waals surface area contributed by atoms with Crippen molar-refractivity contribution in [2.75, 3.05) is 13.1 Å². The maximum absolute atomic E-state index is 12.6. The highest BCUT2D eigenvalue weighted by Gasteiger charge is 2.27. The number of carbonyl (C=O) groups excluding carboxylic acids is 1. The van der Waals surface area contributed by atoms with E-state index >= 15 is 0 Å². The van der Waals surface area contributed by atoms with Crippen molar-refractivity contribution in [3.63, 3.8) is 0 Å². The number of aromatic nitrogens is 1. The van der Waals surface area contributed by atoms with Crippen molar-refractivity contribution in [1.82, 2.24) is 9.88 Å². The number of halogens is 2. The molecule has 0 aromatic carbocycles. The summed E-state index contributed by atoms with van der Waals surface area (Å²) in [5.41, 5.74) is 6.74. The molecule has 2 N–H and O–H groups in total. The van der Waals surface area contributed by atoms with Crippen LogP contribution in [-0.4, -0.2) is 34.9 Å². The van der Waals surface area contributed by atoms with Crippen LogP contribution in [0.15, 0.2) is 21.9 Å². The van der Waals surface area contributed by atoms with E-state index in [1.807, 2.05) is 36.3 Å². The smallest absolute Gasteiger partial charge is 0.236 e. The summed E-state index contributed by atoms with van der Waals surface area (Å²) < 4.78 is 5.72. The van der Waals surface area contributed by atoms with Crippen LogP contribution in [0.4, 0.5) is 0 Å². The first-order valence-corrected chi connectivity index (χ1v) is 8.96. The minimum absolute atomic E-state index is 0. The predicted octanol–water partition coefficient (Wildman–Crippen LogP) is 3.68. The standard InChI is InChI=1S/C17H23N3O2S.2ClH/c1-11(18)13-5-3-7-20(10-13)16(21)9-14-12(2)22-17(19-14)15-6-4-8-23-15;;/h4,6,8,11,13H,3,5,7,9-10,18H2,1-2H3;2*1H. The number of thiophene rings is 1. The number of nitrogens with zero attached hydrogens (tertiary/aromatic N) is 2. The van der Waals surface area contributed by atoms with Crippen LogP contribution in [-0.2, 0) is 11.2 Å². The van der Waals surface area contributed by atoms with Crippen molar-refractivity contribution < 1.29 is 9.21 Å². The summed E-state index contributed by atoms with van der Waals surface area (Å²) in [6.07, 6.45) is 2.43. The van der Waals surface area contributed by atoms with Crippen LogP contribution in [0.2, 0.25) is 0 Å². The van der Waals surface area contributed by atoms with Crippen molar-refractivity contribution in [1.29, 1.82) is 0 Å². The molecule has 2 aromatic heterocycles. The molecule has 0 bridgehead atoms. The third kappa shape index (κ3) is 5.20. The summed E-state index contributed by atoms with van der Waals surface area (Å²) in [4.78, 5) is 20.0. The molecule has 2 atom stereocenters. The first kappa shape index (κ1) is 22.0. The second kappa shape index (κ2) is 9.57.